The summed E-state index contributed by atoms with van der Waals surface area (Å²) in [5.74, 6) is 0.253. The van der Waals surface area contributed by atoms with Crippen LogP contribution < -0.4 is 10.1 Å². The van der Waals surface area contributed by atoms with Crippen LogP contribution in [0.15, 0.2) is 66.7 Å². The average Bonchev–Trinajstić information content (AvgIpc) is 2.83. The minimum Gasteiger partial charge on any atom is -0.497 e. The van der Waals surface area contributed by atoms with Crippen molar-refractivity contribution in [2.24, 2.45) is 0 Å². The van der Waals surface area contributed by atoms with E-state index in [0.717, 1.165) is 16.7 Å². The van der Waals surface area contributed by atoms with Crippen LogP contribution in [0.5, 0.6) is 5.75 Å². The predicted octanol–water partition coefficient (Wildman–Crippen LogP) is 5.93. The molecule has 1 unspecified atom stereocenters. The molecule has 0 aromatic heterocycles. The molecule has 2 amide bonds. The highest BCUT2D eigenvalue weighted by Gasteiger charge is 2.26. The second kappa shape index (κ2) is 12.1. The van der Waals surface area contributed by atoms with Gasteiger partial charge in [-0.2, -0.15) is 0 Å². The first-order valence-corrected chi connectivity index (χ1v) is 11.8. The third-order valence-corrected chi connectivity index (χ3v) is 6.25. The zero-order chi connectivity index (χ0) is 24.7. The molecule has 3 aromatic carbocycles. The molecule has 5 nitrogen and oxygen atoms in total. The molecule has 0 aliphatic carbocycles. The summed E-state index contributed by atoms with van der Waals surface area (Å²) in [4.78, 5) is 27.9. The van der Waals surface area contributed by atoms with Gasteiger partial charge in [0.25, 0.3) is 0 Å². The first-order chi connectivity index (χ1) is 16.3. The number of methoxy groups -OCH3 is 1. The zero-order valence-electron chi connectivity index (χ0n) is 18.9. The van der Waals surface area contributed by atoms with E-state index < -0.39 is 6.04 Å². The molecule has 1 atom stereocenters. The van der Waals surface area contributed by atoms with Crippen molar-refractivity contribution in [3.63, 3.8) is 0 Å². The number of carbonyl (C=O) groups excluding carboxylic acids is 2. The van der Waals surface area contributed by atoms with Gasteiger partial charge in [0.15, 0.2) is 0 Å². The Balaban J connectivity index is 1.76. The molecule has 0 heterocycles. The lowest BCUT2D eigenvalue weighted by molar-refractivity contribution is -0.140. The summed E-state index contributed by atoms with van der Waals surface area (Å²) in [7, 11) is 1.59. The smallest absolute Gasteiger partial charge is 0.242 e. The minimum atomic E-state index is -0.715. The lowest BCUT2D eigenvalue weighted by Crippen LogP contribution is -2.48. The number of carbonyl (C=O) groups is 2. The first-order valence-electron chi connectivity index (χ1n) is 10.7. The molecule has 0 aliphatic rings. The molecule has 3 aromatic rings. The van der Waals surface area contributed by atoms with Gasteiger partial charge in [-0.05, 0) is 60.0 Å². The Kier molecular flexibility index (Phi) is 9.22. The average molecular weight is 520 g/mol. The summed E-state index contributed by atoms with van der Waals surface area (Å²) < 4.78 is 5.21. The third kappa shape index (κ3) is 7.13. The molecule has 0 radical (unpaired) electrons. The maximum atomic E-state index is 13.3. The minimum absolute atomic E-state index is 0.147. The van der Waals surface area contributed by atoms with Crippen LogP contribution in [-0.4, -0.2) is 29.9 Å². The van der Waals surface area contributed by atoms with E-state index in [2.05, 4.69) is 5.32 Å². The maximum absolute atomic E-state index is 13.3. The van der Waals surface area contributed by atoms with Gasteiger partial charge in [-0.15, -0.1) is 0 Å². The summed E-state index contributed by atoms with van der Waals surface area (Å²) in [5.41, 5.74) is 2.43. The molecule has 34 heavy (non-hydrogen) atoms. The van der Waals surface area contributed by atoms with E-state index in [4.69, 9.17) is 39.5 Å². The number of halogens is 3. The van der Waals surface area contributed by atoms with Crippen molar-refractivity contribution in [2.45, 2.75) is 32.5 Å². The fraction of sp³-hybridized carbons (Fsp3) is 0.231. The lowest BCUT2D eigenvalue weighted by atomic mass is 10.1. The van der Waals surface area contributed by atoms with Crippen LogP contribution in [0.25, 0.3) is 0 Å². The van der Waals surface area contributed by atoms with Crippen LogP contribution in [0.4, 0.5) is 0 Å². The standard InChI is InChI=1S/C26H25Cl3N2O3/c1-17(26(33)30-15-20-7-10-22(28)14-24(20)29)31(16-19-5-11-23(34-2)12-6-19)25(32)13-18-3-8-21(27)9-4-18/h3-12,14,17H,13,15-16H2,1-2H3,(H,30,33). The fourth-order valence-electron chi connectivity index (χ4n) is 3.38. The van der Waals surface area contributed by atoms with Crippen LogP contribution in [0, 0.1) is 0 Å². The molecule has 0 saturated heterocycles. The van der Waals surface area contributed by atoms with E-state index in [1.807, 2.05) is 24.3 Å². The van der Waals surface area contributed by atoms with Gasteiger partial charge in [-0.1, -0.05) is 65.1 Å². The highest BCUT2D eigenvalue weighted by molar-refractivity contribution is 6.35. The number of rotatable bonds is 9. The fourth-order valence-corrected chi connectivity index (χ4v) is 3.99. The van der Waals surface area contributed by atoms with E-state index in [1.54, 1.807) is 61.4 Å². The maximum Gasteiger partial charge on any atom is 0.242 e. The monoisotopic (exact) mass is 518 g/mol. The molecule has 0 fully saturated rings. The van der Waals surface area contributed by atoms with Crippen molar-refractivity contribution in [3.05, 3.63) is 98.5 Å². The van der Waals surface area contributed by atoms with Gasteiger partial charge < -0.3 is 15.0 Å². The zero-order valence-corrected chi connectivity index (χ0v) is 21.1. The molecular weight excluding hydrogens is 495 g/mol. The number of benzene rings is 3. The molecular formula is C26H25Cl3N2O3. The number of nitrogens with one attached hydrogen (secondary N) is 1. The molecule has 1 N–H and O–H groups in total. The Hall–Kier alpha value is -2.73. The van der Waals surface area contributed by atoms with Crippen LogP contribution in [-0.2, 0) is 29.1 Å². The van der Waals surface area contributed by atoms with Crippen molar-refractivity contribution in [1.82, 2.24) is 10.2 Å². The molecule has 178 valence electrons. The quantitative estimate of drug-likeness (QED) is 0.381. The number of ether oxygens (including phenoxy) is 1. The second-order valence-corrected chi connectivity index (χ2v) is 9.08. The summed E-state index contributed by atoms with van der Waals surface area (Å²) in [6, 6.07) is 18.9. The van der Waals surface area contributed by atoms with Gasteiger partial charge in [-0.3, -0.25) is 9.59 Å². The third-order valence-electron chi connectivity index (χ3n) is 5.42. The molecule has 3 rings (SSSR count). The Bertz CT molecular complexity index is 1140. The van der Waals surface area contributed by atoms with Crippen molar-refractivity contribution in [1.29, 1.82) is 0 Å². The number of hydrogen-bond acceptors (Lipinski definition) is 3. The van der Waals surface area contributed by atoms with Crippen molar-refractivity contribution < 1.29 is 14.3 Å². The highest BCUT2D eigenvalue weighted by atomic mass is 35.5. The van der Waals surface area contributed by atoms with E-state index in [0.29, 0.717) is 20.8 Å². The number of hydrogen-bond donors (Lipinski definition) is 1. The van der Waals surface area contributed by atoms with Gasteiger partial charge in [0.1, 0.15) is 11.8 Å². The Morgan fingerprint density at radius 1 is 0.912 bits per heavy atom. The largest absolute Gasteiger partial charge is 0.497 e. The molecule has 0 spiro atoms. The van der Waals surface area contributed by atoms with Gasteiger partial charge in [0.2, 0.25) is 11.8 Å². The van der Waals surface area contributed by atoms with E-state index in [9.17, 15) is 9.59 Å². The second-order valence-electron chi connectivity index (χ2n) is 7.80. The molecule has 8 heteroatoms. The lowest BCUT2D eigenvalue weighted by Gasteiger charge is -2.29. The topological polar surface area (TPSA) is 58.6 Å². The number of nitrogens with zero attached hydrogens (tertiary/aromatic N) is 1. The SMILES string of the molecule is COc1ccc(CN(C(=O)Cc2ccc(Cl)cc2)C(C)C(=O)NCc2ccc(Cl)cc2Cl)cc1. The summed E-state index contributed by atoms with van der Waals surface area (Å²) in [6.45, 7) is 2.20. The van der Waals surface area contributed by atoms with Crippen LogP contribution in [0.2, 0.25) is 15.1 Å². The van der Waals surface area contributed by atoms with Gasteiger partial charge >= 0.3 is 0 Å². The Morgan fingerprint density at radius 3 is 2.15 bits per heavy atom. The summed E-state index contributed by atoms with van der Waals surface area (Å²) in [5, 5.41) is 4.46. The summed E-state index contributed by atoms with van der Waals surface area (Å²) in [6.07, 6.45) is 0.147. The normalized spacial score (nSPS) is 11.6. The molecule has 0 aliphatic heterocycles. The van der Waals surface area contributed by atoms with Gasteiger partial charge in [-0.25, -0.2) is 0 Å². The number of amides is 2. The van der Waals surface area contributed by atoms with E-state index >= 15 is 0 Å². The van der Waals surface area contributed by atoms with Crippen LogP contribution >= 0.6 is 34.8 Å². The van der Waals surface area contributed by atoms with Crippen molar-refractivity contribution in [3.8, 4) is 5.75 Å². The van der Waals surface area contributed by atoms with Gasteiger partial charge in [0.05, 0.1) is 13.5 Å². The summed E-state index contributed by atoms with van der Waals surface area (Å²) >= 11 is 18.1. The van der Waals surface area contributed by atoms with Crippen LogP contribution in [0.1, 0.15) is 23.6 Å². The van der Waals surface area contributed by atoms with E-state index in [1.165, 1.54) is 0 Å². The van der Waals surface area contributed by atoms with E-state index in [-0.39, 0.29) is 31.3 Å². The molecule has 0 saturated carbocycles. The Morgan fingerprint density at radius 2 is 1.53 bits per heavy atom. The highest BCUT2D eigenvalue weighted by Crippen LogP contribution is 2.21. The van der Waals surface area contributed by atoms with Crippen LogP contribution in [0.3, 0.4) is 0 Å². The molecule has 0 bridgehead atoms. The van der Waals surface area contributed by atoms with Crippen molar-refractivity contribution in [2.75, 3.05) is 7.11 Å². The Labute approximate surface area is 214 Å². The predicted molar refractivity (Wildman–Crippen MR) is 136 cm³/mol. The van der Waals surface area contributed by atoms with Crippen molar-refractivity contribution >= 4 is 46.6 Å². The first kappa shape index (κ1) is 25.9. The van der Waals surface area contributed by atoms with Gasteiger partial charge in [0, 0.05) is 28.2 Å².